The van der Waals surface area contributed by atoms with E-state index in [0.29, 0.717) is 13.0 Å². The van der Waals surface area contributed by atoms with Gasteiger partial charge in [0.2, 0.25) is 0 Å². The van der Waals surface area contributed by atoms with Crippen molar-refractivity contribution >= 4 is 5.78 Å². The van der Waals surface area contributed by atoms with Crippen LogP contribution >= 0.6 is 0 Å². The Kier molecular flexibility index (Phi) is 3.96. The number of nitrogens with zero attached hydrogens (tertiary/aromatic N) is 1. The maximum atomic E-state index is 12.3. The number of likely N-dealkylation sites (tertiary alicyclic amines) is 1. The number of aliphatic hydroxyl groups is 1. The van der Waals surface area contributed by atoms with Crippen LogP contribution < -0.4 is 0 Å². The van der Waals surface area contributed by atoms with Gasteiger partial charge in [0.05, 0.1) is 0 Å². The average Bonchev–Trinajstić information content (AvgIpc) is 2.85. The lowest BCUT2D eigenvalue weighted by atomic mass is 9.95. The van der Waals surface area contributed by atoms with E-state index in [4.69, 9.17) is 5.11 Å². The van der Waals surface area contributed by atoms with Crippen LogP contribution in [0.5, 0.6) is 0 Å². The van der Waals surface area contributed by atoms with E-state index < -0.39 is 18.8 Å². The summed E-state index contributed by atoms with van der Waals surface area (Å²) in [6, 6.07) is -0.100. The zero-order valence-corrected chi connectivity index (χ0v) is 10.1. The number of rotatable bonds is 3. The number of hydrogen-bond donors (Lipinski definition) is 1. The van der Waals surface area contributed by atoms with Crippen LogP contribution in [0.2, 0.25) is 0 Å². The molecule has 18 heavy (non-hydrogen) atoms. The summed E-state index contributed by atoms with van der Waals surface area (Å²) in [6.45, 7) is 0.138. The molecule has 2 rings (SSSR count). The Labute approximate surface area is 104 Å². The summed E-state index contributed by atoms with van der Waals surface area (Å²) < 4.78 is 37.0. The van der Waals surface area contributed by atoms with E-state index in [0.717, 1.165) is 25.7 Å². The van der Waals surface area contributed by atoms with E-state index >= 15 is 0 Å². The lowest BCUT2D eigenvalue weighted by molar-refractivity contribution is -0.209. The Balaban J connectivity index is 1.97. The molecule has 0 aromatic heterocycles. The van der Waals surface area contributed by atoms with Crippen LogP contribution in [0.15, 0.2) is 0 Å². The van der Waals surface area contributed by atoms with Crippen molar-refractivity contribution in [2.45, 2.75) is 50.4 Å². The monoisotopic (exact) mass is 265 g/mol. The van der Waals surface area contributed by atoms with Crippen LogP contribution in [0.1, 0.15) is 32.1 Å². The maximum absolute atomic E-state index is 12.3. The minimum Gasteiger partial charge on any atom is -0.382 e. The zero-order valence-electron chi connectivity index (χ0n) is 10.1. The smallest absolute Gasteiger partial charge is 0.382 e. The lowest BCUT2D eigenvalue weighted by Crippen LogP contribution is -2.45. The number of halogens is 3. The van der Waals surface area contributed by atoms with Crippen molar-refractivity contribution in [3.05, 3.63) is 0 Å². The van der Waals surface area contributed by atoms with Crippen LogP contribution in [0.4, 0.5) is 13.2 Å². The third-order valence-electron chi connectivity index (χ3n) is 4.02. The topological polar surface area (TPSA) is 40.5 Å². The van der Waals surface area contributed by atoms with Crippen molar-refractivity contribution in [2.24, 2.45) is 5.92 Å². The molecule has 3 unspecified atom stereocenters. The van der Waals surface area contributed by atoms with Crippen LogP contribution in [-0.2, 0) is 4.79 Å². The molecule has 1 saturated heterocycles. The van der Waals surface area contributed by atoms with Gasteiger partial charge in [0, 0.05) is 24.9 Å². The summed E-state index contributed by atoms with van der Waals surface area (Å²) in [7, 11) is 0. The van der Waals surface area contributed by atoms with Crippen molar-refractivity contribution in [1.82, 2.24) is 4.90 Å². The standard InChI is InChI=1S/C12H18F3NO2/c13-12(14,15)11(18)7-16-6-2-4-9(16)8-3-1-5-10(8)17/h8-9,11,18H,1-7H2. The summed E-state index contributed by atoms with van der Waals surface area (Å²) in [6.07, 6.45) is -3.14. The summed E-state index contributed by atoms with van der Waals surface area (Å²) in [5.41, 5.74) is 0. The Morgan fingerprint density at radius 1 is 1.33 bits per heavy atom. The number of β-amino-alcohol motifs (C(OH)–C–C–N with tert-alkyl or cyclic N) is 1. The molecule has 1 aliphatic carbocycles. The number of Topliss-reactive ketones (excluding diaryl/α,β-unsaturated/α-hetero) is 1. The second kappa shape index (κ2) is 5.17. The molecule has 0 aromatic rings. The predicted molar refractivity (Wildman–Crippen MR) is 59.0 cm³/mol. The summed E-state index contributed by atoms with van der Waals surface area (Å²) in [4.78, 5) is 13.3. The lowest BCUT2D eigenvalue weighted by Gasteiger charge is -2.30. The molecule has 0 aromatic carbocycles. The van der Waals surface area contributed by atoms with Gasteiger partial charge in [-0.05, 0) is 32.2 Å². The molecule has 3 atom stereocenters. The number of alkyl halides is 3. The predicted octanol–water partition coefficient (Wildman–Crippen LogP) is 1.74. The molecule has 1 heterocycles. The molecular formula is C12H18F3NO2. The van der Waals surface area contributed by atoms with Crippen molar-refractivity contribution in [2.75, 3.05) is 13.1 Å². The van der Waals surface area contributed by atoms with Gasteiger partial charge in [-0.3, -0.25) is 9.69 Å². The molecule has 0 spiro atoms. The zero-order chi connectivity index (χ0) is 13.3. The first kappa shape index (κ1) is 13.8. The fourth-order valence-corrected chi connectivity index (χ4v) is 3.11. The first-order valence-electron chi connectivity index (χ1n) is 6.41. The molecule has 2 fully saturated rings. The number of hydrogen-bond acceptors (Lipinski definition) is 3. The van der Waals surface area contributed by atoms with Gasteiger partial charge in [-0.2, -0.15) is 13.2 Å². The molecule has 2 aliphatic rings. The van der Waals surface area contributed by atoms with Gasteiger partial charge < -0.3 is 5.11 Å². The fourth-order valence-electron chi connectivity index (χ4n) is 3.11. The normalized spacial score (nSPS) is 32.1. The third kappa shape index (κ3) is 2.85. The Bertz CT molecular complexity index is 319. The highest BCUT2D eigenvalue weighted by molar-refractivity contribution is 5.83. The number of carbonyl (C=O) groups is 1. The Morgan fingerprint density at radius 2 is 2.06 bits per heavy atom. The molecule has 3 nitrogen and oxygen atoms in total. The first-order chi connectivity index (χ1) is 8.39. The van der Waals surface area contributed by atoms with E-state index in [2.05, 4.69) is 0 Å². The van der Waals surface area contributed by atoms with Crippen LogP contribution in [0.25, 0.3) is 0 Å². The Hall–Kier alpha value is -0.620. The minimum absolute atomic E-state index is 0.100. The molecule has 1 N–H and O–H groups in total. The number of aliphatic hydroxyl groups excluding tert-OH is 1. The van der Waals surface area contributed by atoms with Gasteiger partial charge in [0.25, 0.3) is 0 Å². The quantitative estimate of drug-likeness (QED) is 0.845. The third-order valence-corrected chi connectivity index (χ3v) is 4.02. The van der Waals surface area contributed by atoms with Gasteiger partial charge in [-0.15, -0.1) is 0 Å². The average molecular weight is 265 g/mol. The van der Waals surface area contributed by atoms with Crippen LogP contribution in [-0.4, -0.2) is 47.2 Å². The van der Waals surface area contributed by atoms with E-state index in [1.54, 1.807) is 4.90 Å². The highest BCUT2D eigenvalue weighted by Crippen LogP contribution is 2.34. The second-order valence-electron chi connectivity index (χ2n) is 5.23. The highest BCUT2D eigenvalue weighted by atomic mass is 19.4. The largest absolute Gasteiger partial charge is 0.415 e. The molecule has 0 radical (unpaired) electrons. The summed E-state index contributed by atoms with van der Waals surface area (Å²) in [5.74, 6) is 0.0568. The highest BCUT2D eigenvalue weighted by Gasteiger charge is 2.43. The number of ketones is 1. The van der Waals surface area contributed by atoms with E-state index in [-0.39, 0.29) is 17.7 Å². The first-order valence-corrected chi connectivity index (χ1v) is 6.41. The molecule has 1 aliphatic heterocycles. The van der Waals surface area contributed by atoms with Gasteiger partial charge in [0.15, 0.2) is 6.10 Å². The molecule has 0 amide bonds. The van der Waals surface area contributed by atoms with Crippen LogP contribution in [0, 0.1) is 5.92 Å². The number of carbonyl (C=O) groups excluding carboxylic acids is 1. The Morgan fingerprint density at radius 3 is 2.61 bits per heavy atom. The van der Waals surface area contributed by atoms with E-state index in [1.165, 1.54) is 0 Å². The van der Waals surface area contributed by atoms with Gasteiger partial charge >= 0.3 is 6.18 Å². The van der Waals surface area contributed by atoms with E-state index in [9.17, 15) is 18.0 Å². The van der Waals surface area contributed by atoms with E-state index in [1.807, 2.05) is 0 Å². The summed E-state index contributed by atoms with van der Waals surface area (Å²) in [5, 5.41) is 9.12. The molecule has 1 saturated carbocycles. The van der Waals surface area contributed by atoms with Crippen molar-refractivity contribution in [3.63, 3.8) is 0 Å². The molecular weight excluding hydrogens is 247 g/mol. The molecule has 6 heteroatoms. The minimum atomic E-state index is -4.58. The second-order valence-corrected chi connectivity index (χ2v) is 5.23. The molecule has 0 bridgehead atoms. The SMILES string of the molecule is O=C1CCCC1C1CCCN1CC(O)C(F)(F)F. The van der Waals surface area contributed by atoms with Crippen molar-refractivity contribution < 1.29 is 23.1 Å². The maximum Gasteiger partial charge on any atom is 0.415 e. The van der Waals surface area contributed by atoms with Crippen molar-refractivity contribution in [3.8, 4) is 0 Å². The van der Waals surface area contributed by atoms with Crippen molar-refractivity contribution in [1.29, 1.82) is 0 Å². The van der Waals surface area contributed by atoms with Gasteiger partial charge in [0.1, 0.15) is 5.78 Å². The molecule has 104 valence electrons. The fraction of sp³-hybridized carbons (Fsp3) is 0.917. The summed E-state index contributed by atoms with van der Waals surface area (Å²) >= 11 is 0. The van der Waals surface area contributed by atoms with Gasteiger partial charge in [-0.25, -0.2) is 0 Å². The van der Waals surface area contributed by atoms with Crippen LogP contribution in [0.3, 0.4) is 0 Å². The van der Waals surface area contributed by atoms with Gasteiger partial charge in [-0.1, -0.05) is 0 Å².